The Morgan fingerprint density at radius 2 is 1.45 bits per heavy atom. The van der Waals surface area contributed by atoms with E-state index in [2.05, 4.69) is 20.9 Å². The van der Waals surface area contributed by atoms with Crippen molar-refractivity contribution in [1.82, 2.24) is 4.98 Å². The second-order valence-electron chi connectivity index (χ2n) is 7.25. The van der Waals surface area contributed by atoms with Crippen LogP contribution in [-0.2, 0) is 11.2 Å². The number of nitrogens with one attached hydrogen (secondary N) is 3. The van der Waals surface area contributed by atoms with Gasteiger partial charge in [0.1, 0.15) is 11.5 Å². The highest BCUT2D eigenvalue weighted by molar-refractivity contribution is 7.14. The molecule has 4 aromatic rings. The van der Waals surface area contributed by atoms with Crippen molar-refractivity contribution in [2.75, 3.05) is 16.0 Å². The lowest BCUT2D eigenvalue weighted by Gasteiger charge is -2.08. The summed E-state index contributed by atoms with van der Waals surface area (Å²) in [5, 5.41) is 10.4. The van der Waals surface area contributed by atoms with Crippen molar-refractivity contribution in [3.05, 3.63) is 95.5 Å². The Hall–Kier alpha value is -4.17. The Morgan fingerprint density at radius 1 is 0.818 bits per heavy atom. The number of hydrogen-bond donors (Lipinski definition) is 3. The summed E-state index contributed by atoms with van der Waals surface area (Å²) in [6.07, 6.45) is 0.0972. The molecule has 0 fully saturated rings. The summed E-state index contributed by atoms with van der Waals surface area (Å²) in [7, 11) is 0. The molecule has 8 heteroatoms. The molecule has 0 atom stereocenters. The third-order valence-electron chi connectivity index (χ3n) is 4.54. The molecule has 0 radical (unpaired) electrons. The summed E-state index contributed by atoms with van der Waals surface area (Å²) >= 11 is 1.26. The van der Waals surface area contributed by atoms with E-state index in [1.165, 1.54) is 11.3 Å². The van der Waals surface area contributed by atoms with Gasteiger partial charge in [-0.2, -0.15) is 0 Å². The number of thiazole rings is 1. The first-order valence-corrected chi connectivity index (χ1v) is 11.1. The molecule has 166 valence electrons. The van der Waals surface area contributed by atoms with Crippen LogP contribution in [0.3, 0.4) is 0 Å². The van der Waals surface area contributed by atoms with Gasteiger partial charge in [-0.05, 0) is 55.5 Å². The number of aromatic nitrogens is 1. The van der Waals surface area contributed by atoms with E-state index in [-0.39, 0.29) is 18.4 Å². The molecule has 1 aromatic heterocycles. The van der Waals surface area contributed by atoms with Gasteiger partial charge in [-0.1, -0.05) is 35.9 Å². The Bertz CT molecular complexity index is 1220. The Labute approximate surface area is 195 Å². The summed E-state index contributed by atoms with van der Waals surface area (Å²) in [4.78, 5) is 28.8. The van der Waals surface area contributed by atoms with E-state index in [1.54, 1.807) is 29.6 Å². The Balaban J connectivity index is 1.26. The predicted octanol–water partition coefficient (Wildman–Crippen LogP) is 6.07. The van der Waals surface area contributed by atoms with Crippen LogP contribution in [0.1, 0.15) is 11.3 Å². The molecule has 0 saturated carbocycles. The fourth-order valence-corrected chi connectivity index (χ4v) is 3.65. The number of para-hydroxylation sites is 1. The first-order chi connectivity index (χ1) is 16.0. The molecule has 3 amide bonds. The van der Waals surface area contributed by atoms with E-state index < -0.39 is 0 Å². The molecule has 0 saturated heterocycles. The molecule has 0 bridgehead atoms. The molecule has 1 heterocycles. The highest BCUT2D eigenvalue weighted by Crippen LogP contribution is 2.23. The first kappa shape index (κ1) is 22.0. The fraction of sp³-hybridized carbons (Fsp3) is 0.0800. The van der Waals surface area contributed by atoms with E-state index in [0.29, 0.717) is 27.9 Å². The van der Waals surface area contributed by atoms with E-state index in [4.69, 9.17) is 4.74 Å². The summed E-state index contributed by atoms with van der Waals surface area (Å²) < 4.78 is 5.75. The van der Waals surface area contributed by atoms with Crippen LogP contribution in [0.25, 0.3) is 0 Å². The molecule has 3 aromatic carbocycles. The molecule has 0 spiro atoms. The minimum atomic E-state index is -0.387. The van der Waals surface area contributed by atoms with Crippen molar-refractivity contribution in [1.29, 1.82) is 0 Å². The van der Waals surface area contributed by atoms with Crippen LogP contribution in [-0.4, -0.2) is 16.9 Å². The lowest BCUT2D eigenvalue weighted by Crippen LogP contribution is -2.19. The van der Waals surface area contributed by atoms with Crippen LogP contribution >= 0.6 is 11.3 Å². The second-order valence-corrected chi connectivity index (χ2v) is 8.11. The van der Waals surface area contributed by atoms with Crippen LogP contribution in [0.5, 0.6) is 11.5 Å². The highest BCUT2D eigenvalue weighted by atomic mass is 32.1. The number of urea groups is 1. The number of ether oxygens (including phenoxy) is 1. The monoisotopic (exact) mass is 458 g/mol. The van der Waals surface area contributed by atoms with Crippen molar-refractivity contribution in [2.24, 2.45) is 0 Å². The molecule has 4 rings (SSSR count). The number of benzene rings is 3. The minimum absolute atomic E-state index is 0.0972. The molecule has 3 N–H and O–H groups in total. The standard InChI is InChI=1S/C25H22N4O3S/c1-17-7-9-19(10-8-17)27-24(31)29-25-28-20(16-33-25)15-23(30)26-18-11-13-22(14-12-18)32-21-5-3-2-4-6-21/h2-14,16H,15H2,1H3,(H,26,30)(H2,27,28,29,31). The third kappa shape index (κ3) is 6.65. The van der Waals surface area contributed by atoms with E-state index in [9.17, 15) is 9.59 Å². The normalized spacial score (nSPS) is 10.3. The summed E-state index contributed by atoms with van der Waals surface area (Å²) in [6, 6.07) is 23.7. The smallest absolute Gasteiger partial charge is 0.325 e. The number of hydrogen-bond acceptors (Lipinski definition) is 5. The van der Waals surface area contributed by atoms with E-state index >= 15 is 0 Å². The van der Waals surface area contributed by atoms with Crippen LogP contribution in [0.15, 0.2) is 84.2 Å². The average molecular weight is 459 g/mol. The van der Waals surface area contributed by atoms with Gasteiger partial charge in [0, 0.05) is 16.8 Å². The summed E-state index contributed by atoms with van der Waals surface area (Å²) in [5.74, 6) is 1.22. The average Bonchev–Trinajstić information content (AvgIpc) is 3.23. The molecule has 0 aliphatic rings. The lowest BCUT2D eigenvalue weighted by molar-refractivity contribution is -0.115. The van der Waals surface area contributed by atoms with Crippen molar-refractivity contribution < 1.29 is 14.3 Å². The summed E-state index contributed by atoms with van der Waals surface area (Å²) in [6.45, 7) is 1.98. The number of carbonyl (C=O) groups excluding carboxylic acids is 2. The van der Waals surface area contributed by atoms with Crippen LogP contribution in [0.2, 0.25) is 0 Å². The molecule has 7 nitrogen and oxygen atoms in total. The number of anilines is 3. The van der Waals surface area contributed by atoms with Gasteiger partial charge in [0.05, 0.1) is 12.1 Å². The number of aryl methyl sites for hydroxylation is 1. The van der Waals surface area contributed by atoms with Gasteiger partial charge >= 0.3 is 6.03 Å². The Morgan fingerprint density at radius 3 is 2.18 bits per heavy atom. The number of nitrogens with zero attached hydrogens (tertiary/aromatic N) is 1. The number of carbonyl (C=O) groups is 2. The topological polar surface area (TPSA) is 92.4 Å². The van der Waals surface area contributed by atoms with Gasteiger partial charge in [-0.25, -0.2) is 9.78 Å². The predicted molar refractivity (Wildman–Crippen MR) is 131 cm³/mol. The van der Waals surface area contributed by atoms with Crippen LogP contribution < -0.4 is 20.7 Å². The molecular weight excluding hydrogens is 436 g/mol. The van der Waals surface area contributed by atoms with Gasteiger partial charge in [0.15, 0.2) is 5.13 Å². The van der Waals surface area contributed by atoms with Gasteiger partial charge in [-0.3, -0.25) is 10.1 Å². The second kappa shape index (κ2) is 10.4. The minimum Gasteiger partial charge on any atom is -0.457 e. The zero-order valence-electron chi connectivity index (χ0n) is 17.9. The third-order valence-corrected chi connectivity index (χ3v) is 5.35. The van der Waals surface area contributed by atoms with Crippen molar-refractivity contribution in [2.45, 2.75) is 13.3 Å². The van der Waals surface area contributed by atoms with Crippen LogP contribution in [0, 0.1) is 6.92 Å². The highest BCUT2D eigenvalue weighted by Gasteiger charge is 2.11. The van der Waals surface area contributed by atoms with Gasteiger partial charge in [0.25, 0.3) is 0 Å². The van der Waals surface area contributed by atoms with Gasteiger partial charge < -0.3 is 15.4 Å². The van der Waals surface area contributed by atoms with Gasteiger partial charge in [-0.15, -0.1) is 11.3 Å². The molecule has 0 aliphatic carbocycles. The van der Waals surface area contributed by atoms with Crippen molar-refractivity contribution in [3.8, 4) is 11.5 Å². The largest absolute Gasteiger partial charge is 0.457 e. The van der Waals surface area contributed by atoms with Gasteiger partial charge in [0.2, 0.25) is 5.91 Å². The molecule has 33 heavy (non-hydrogen) atoms. The SMILES string of the molecule is Cc1ccc(NC(=O)Nc2nc(CC(=O)Nc3ccc(Oc4ccccc4)cc3)cs2)cc1. The Kier molecular flexibility index (Phi) is 6.96. The van der Waals surface area contributed by atoms with Crippen LogP contribution in [0.4, 0.5) is 21.3 Å². The molecule has 0 unspecified atom stereocenters. The maximum Gasteiger partial charge on any atom is 0.325 e. The van der Waals surface area contributed by atoms with E-state index in [0.717, 1.165) is 11.3 Å². The maximum atomic E-state index is 12.4. The maximum absolute atomic E-state index is 12.4. The number of rotatable bonds is 7. The van der Waals surface area contributed by atoms with E-state index in [1.807, 2.05) is 61.5 Å². The fourth-order valence-electron chi connectivity index (χ4n) is 2.94. The van der Waals surface area contributed by atoms with Crippen molar-refractivity contribution in [3.63, 3.8) is 0 Å². The molecule has 0 aliphatic heterocycles. The summed E-state index contributed by atoms with van der Waals surface area (Å²) in [5.41, 5.74) is 3.04. The molecular formula is C25H22N4O3S. The van der Waals surface area contributed by atoms with Crippen molar-refractivity contribution >= 4 is 39.8 Å². The first-order valence-electron chi connectivity index (χ1n) is 10.3. The lowest BCUT2D eigenvalue weighted by atomic mass is 10.2. The zero-order chi connectivity index (χ0) is 23.0. The zero-order valence-corrected chi connectivity index (χ0v) is 18.7. The quantitative estimate of drug-likeness (QED) is 0.313. The number of amides is 3.